The molecule has 0 fully saturated rings. The van der Waals surface area contributed by atoms with Crippen molar-refractivity contribution in [2.45, 2.75) is 0 Å². The van der Waals surface area contributed by atoms with Crippen molar-refractivity contribution in [3.8, 4) is 5.75 Å². The molecule has 10 heteroatoms. The predicted octanol–water partition coefficient (Wildman–Crippen LogP) is 7.69. The lowest BCUT2D eigenvalue weighted by molar-refractivity contribution is -0.129. The maximum Gasteiger partial charge on any atom is 0.363 e. The van der Waals surface area contributed by atoms with E-state index < -0.39 is 11.9 Å². The van der Waals surface area contributed by atoms with Gasteiger partial charge in [-0.15, -0.1) is 0 Å². The number of carbonyl (C=O) groups excluding carboxylic acids is 2. The Hall–Kier alpha value is -1.72. The van der Waals surface area contributed by atoms with Crippen molar-refractivity contribution in [1.82, 2.24) is 0 Å². The summed E-state index contributed by atoms with van der Waals surface area (Å²) < 4.78 is 12.7. The fraction of sp³-hybridized carbons (Fsp3) is 0. The summed E-state index contributed by atoms with van der Waals surface area (Å²) in [5, 5.41) is 0.719. The number of nitrogens with zero attached hydrogens (tertiary/aromatic N) is 1. The molecule has 0 aromatic heterocycles. The summed E-state index contributed by atoms with van der Waals surface area (Å²) in [6.07, 6.45) is 1.56. The van der Waals surface area contributed by atoms with Crippen LogP contribution in [-0.4, -0.2) is 17.8 Å². The molecule has 1 aliphatic rings. The molecule has 3 aromatic carbocycles. The quantitative estimate of drug-likeness (QED) is 0.120. The fourth-order valence-electron chi connectivity index (χ4n) is 2.88. The molecule has 0 saturated carbocycles. The minimum Gasteiger partial charge on any atom is -0.420 e. The first-order valence-electron chi connectivity index (χ1n) is 9.16. The van der Waals surface area contributed by atoms with E-state index in [0.717, 1.165) is 3.57 Å². The number of esters is 2. The van der Waals surface area contributed by atoms with Crippen molar-refractivity contribution >= 4 is 102 Å². The molecule has 0 atom stereocenters. The Balaban J connectivity index is 1.62. The van der Waals surface area contributed by atoms with E-state index in [9.17, 15) is 9.59 Å². The van der Waals surface area contributed by atoms with Gasteiger partial charge in [0.05, 0.1) is 30.1 Å². The summed E-state index contributed by atoms with van der Waals surface area (Å²) in [6, 6.07) is 15.3. The zero-order chi connectivity index (χ0) is 23.7. The van der Waals surface area contributed by atoms with Crippen LogP contribution in [-0.2, 0) is 9.53 Å². The average molecular weight is 722 g/mol. The lowest BCUT2D eigenvalue weighted by Gasteiger charge is -2.10. The minimum absolute atomic E-state index is 0.111. The Kier molecular flexibility index (Phi) is 7.59. The standard InChI is InChI=1S/C23H10Br2Cl2INO4/c24-15-7-11(8-16(25)20(15)32-22(30)13-3-1-2-4-17(13)26)9-19-23(31)33-21(29-19)14-10-12(28)5-6-18(14)27/h1-10H/b19-9-. The number of cyclic esters (lactones) is 1. The molecule has 0 radical (unpaired) electrons. The number of hydrogen-bond acceptors (Lipinski definition) is 5. The molecule has 0 N–H and O–H groups in total. The largest absolute Gasteiger partial charge is 0.420 e. The number of ether oxygens (including phenoxy) is 2. The van der Waals surface area contributed by atoms with E-state index in [-0.39, 0.29) is 27.9 Å². The third kappa shape index (κ3) is 5.51. The van der Waals surface area contributed by atoms with Gasteiger partial charge in [-0.1, -0.05) is 35.3 Å². The smallest absolute Gasteiger partial charge is 0.363 e. The van der Waals surface area contributed by atoms with Gasteiger partial charge in [0, 0.05) is 3.57 Å². The summed E-state index contributed by atoms with van der Waals surface area (Å²) in [4.78, 5) is 29.2. The van der Waals surface area contributed by atoms with E-state index in [4.69, 9.17) is 32.7 Å². The molecule has 3 aromatic rings. The minimum atomic E-state index is -0.601. The van der Waals surface area contributed by atoms with Crippen molar-refractivity contribution in [2.24, 2.45) is 4.99 Å². The van der Waals surface area contributed by atoms with Crippen molar-refractivity contribution in [1.29, 1.82) is 0 Å². The number of hydrogen-bond donors (Lipinski definition) is 0. The summed E-state index contributed by atoms with van der Waals surface area (Å²) in [6.45, 7) is 0. The SMILES string of the molecule is O=C1OC(c2cc(I)ccc2Cl)=N/C1=C\c1cc(Br)c(OC(=O)c2ccccc2Cl)c(Br)c1. The van der Waals surface area contributed by atoms with Gasteiger partial charge in [-0.05, 0) is 109 Å². The molecule has 1 aliphatic heterocycles. The molecular weight excluding hydrogens is 712 g/mol. The predicted molar refractivity (Wildman–Crippen MR) is 143 cm³/mol. The van der Waals surface area contributed by atoms with E-state index in [2.05, 4.69) is 59.4 Å². The van der Waals surface area contributed by atoms with Gasteiger partial charge in [-0.3, -0.25) is 0 Å². The maximum atomic E-state index is 12.5. The van der Waals surface area contributed by atoms with Crippen LogP contribution < -0.4 is 4.74 Å². The van der Waals surface area contributed by atoms with Crippen molar-refractivity contribution < 1.29 is 19.1 Å². The van der Waals surface area contributed by atoms with Crippen LogP contribution in [0.5, 0.6) is 5.75 Å². The molecule has 0 saturated heterocycles. The van der Waals surface area contributed by atoms with Crippen molar-refractivity contribution in [3.63, 3.8) is 0 Å². The summed E-state index contributed by atoms with van der Waals surface area (Å²) >= 11 is 21.3. The van der Waals surface area contributed by atoms with E-state index in [1.807, 2.05) is 6.07 Å². The molecule has 0 aliphatic carbocycles. The van der Waals surface area contributed by atoms with E-state index in [1.54, 1.807) is 54.6 Å². The molecular formula is C23H10Br2Cl2INO4. The third-order valence-corrected chi connectivity index (χ3v) is 6.90. The monoisotopic (exact) mass is 719 g/mol. The topological polar surface area (TPSA) is 65.0 Å². The zero-order valence-corrected chi connectivity index (χ0v) is 23.1. The van der Waals surface area contributed by atoms with Gasteiger partial charge in [0.2, 0.25) is 5.90 Å². The van der Waals surface area contributed by atoms with Gasteiger partial charge in [-0.25, -0.2) is 14.6 Å². The highest BCUT2D eigenvalue weighted by Crippen LogP contribution is 2.37. The lowest BCUT2D eigenvalue weighted by Crippen LogP contribution is -2.10. The Labute approximate surface area is 229 Å². The van der Waals surface area contributed by atoms with Gasteiger partial charge in [0.15, 0.2) is 11.4 Å². The van der Waals surface area contributed by atoms with Crippen LogP contribution in [0.15, 0.2) is 74.2 Å². The summed E-state index contributed by atoms with van der Waals surface area (Å²) in [5.74, 6) is -0.790. The fourth-order valence-corrected chi connectivity index (χ4v) is 5.16. The van der Waals surface area contributed by atoms with Gasteiger partial charge in [0.1, 0.15) is 0 Å². The average Bonchev–Trinajstić information content (AvgIpc) is 3.12. The van der Waals surface area contributed by atoms with Crippen molar-refractivity contribution in [3.05, 3.63) is 99.5 Å². The molecule has 4 rings (SSSR count). The van der Waals surface area contributed by atoms with E-state index >= 15 is 0 Å². The molecule has 0 spiro atoms. The van der Waals surface area contributed by atoms with Crippen LogP contribution in [0.1, 0.15) is 21.5 Å². The Morgan fingerprint density at radius 1 is 1.03 bits per heavy atom. The van der Waals surface area contributed by atoms with Crippen LogP contribution in [0.4, 0.5) is 0 Å². The maximum absolute atomic E-state index is 12.5. The van der Waals surface area contributed by atoms with Gasteiger partial charge in [0.25, 0.3) is 0 Å². The van der Waals surface area contributed by atoms with Gasteiger partial charge >= 0.3 is 11.9 Å². The first kappa shape index (κ1) is 24.4. The van der Waals surface area contributed by atoms with Crippen molar-refractivity contribution in [2.75, 3.05) is 0 Å². The first-order chi connectivity index (χ1) is 15.7. The molecule has 5 nitrogen and oxygen atoms in total. The van der Waals surface area contributed by atoms with E-state index in [0.29, 0.717) is 25.1 Å². The number of carbonyl (C=O) groups is 2. The molecule has 33 heavy (non-hydrogen) atoms. The number of benzene rings is 3. The molecule has 0 unspecified atom stereocenters. The Morgan fingerprint density at radius 2 is 1.73 bits per heavy atom. The van der Waals surface area contributed by atoms with Crippen LogP contribution in [0, 0.1) is 3.57 Å². The highest BCUT2D eigenvalue weighted by Gasteiger charge is 2.26. The normalized spacial score (nSPS) is 14.3. The number of aliphatic imine (C=N–C) groups is 1. The molecule has 0 amide bonds. The second kappa shape index (κ2) is 10.3. The summed E-state index contributed by atoms with van der Waals surface area (Å²) in [7, 11) is 0. The molecule has 166 valence electrons. The Bertz CT molecular complexity index is 1350. The highest BCUT2D eigenvalue weighted by atomic mass is 127. The third-order valence-electron chi connectivity index (χ3n) is 4.39. The van der Waals surface area contributed by atoms with E-state index in [1.165, 1.54) is 0 Å². The number of halogens is 5. The van der Waals surface area contributed by atoms with Crippen LogP contribution >= 0.6 is 77.7 Å². The summed E-state index contributed by atoms with van der Waals surface area (Å²) in [5.41, 5.74) is 1.51. The highest BCUT2D eigenvalue weighted by molar-refractivity contribution is 14.1. The van der Waals surface area contributed by atoms with Crippen LogP contribution in [0.2, 0.25) is 10.0 Å². The van der Waals surface area contributed by atoms with Crippen LogP contribution in [0.25, 0.3) is 6.08 Å². The lowest BCUT2D eigenvalue weighted by atomic mass is 10.2. The van der Waals surface area contributed by atoms with Gasteiger partial charge < -0.3 is 9.47 Å². The zero-order valence-electron chi connectivity index (χ0n) is 16.2. The second-order valence-corrected chi connectivity index (χ2v) is 10.4. The number of rotatable bonds is 4. The molecule has 1 heterocycles. The van der Waals surface area contributed by atoms with Gasteiger partial charge in [-0.2, -0.15) is 0 Å². The second-order valence-electron chi connectivity index (χ2n) is 6.64. The first-order valence-corrected chi connectivity index (χ1v) is 12.6. The van der Waals surface area contributed by atoms with Crippen LogP contribution in [0.3, 0.4) is 0 Å². The molecule has 0 bridgehead atoms. The Morgan fingerprint density at radius 3 is 2.42 bits per heavy atom.